The largest absolute Gasteiger partial charge is 0.317 e. The molecule has 2 heteroatoms. The average Bonchev–Trinajstić information content (AvgIpc) is 2.48. The molecule has 1 aliphatic rings. The predicted molar refractivity (Wildman–Crippen MR) is 82.4 cm³/mol. The predicted octanol–water partition coefficient (Wildman–Crippen LogP) is 3.21. The van der Waals surface area contributed by atoms with Crippen LogP contribution in [0.4, 0.5) is 0 Å². The third kappa shape index (κ3) is 4.32. The smallest absolute Gasteiger partial charge is 0.0236 e. The van der Waals surface area contributed by atoms with Crippen LogP contribution in [-0.2, 0) is 13.0 Å². The first-order chi connectivity index (χ1) is 9.33. The summed E-state index contributed by atoms with van der Waals surface area (Å²) in [5.41, 5.74) is 2.90. The van der Waals surface area contributed by atoms with E-state index in [1.807, 2.05) is 0 Å². The summed E-state index contributed by atoms with van der Waals surface area (Å²) in [6.07, 6.45) is 4.98. The average molecular weight is 260 g/mol. The molecule has 0 atom stereocenters. The molecule has 1 aromatic carbocycles. The fourth-order valence-electron chi connectivity index (χ4n) is 2.96. The number of benzene rings is 1. The third-order valence-electron chi connectivity index (χ3n) is 4.15. The molecule has 19 heavy (non-hydrogen) atoms. The molecule has 0 aliphatic carbocycles. The molecule has 106 valence electrons. The molecule has 1 fully saturated rings. The van der Waals surface area contributed by atoms with Gasteiger partial charge in [0, 0.05) is 12.6 Å². The lowest BCUT2D eigenvalue weighted by atomic mass is 10.0. The van der Waals surface area contributed by atoms with Crippen molar-refractivity contribution in [3.63, 3.8) is 0 Å². The van der Waals surface area contributed by atoms with E-state index in [0.717, 1.165) is 19.0 Å². The Morgan fingerprint density at radius 1 is 1.05 bits per heavy atom. The minimum Gasteiger partial charge on any atom is -0.317 e. The number of hydrogen-bond donors (Lipinski definition) is 1. The molecule has 2 rings (SSSR count). The molecule has 0 aromatic heterocycles. The standard InChI is InChI=1S/C17H28N2/c1-3-13-19(17-9-11-18-12-10-17)14-16-7-5-15(4-2)6-8-16/h5-8,17-18H,3-4,9-14H2,1-2H3. The van der Waals surface area contributed by atoms with E-state index in [0.29, 0.717) is 0 Å². The summed E-state index contributed by atoms with van der Waals surface area (Å²) < 4.78 is 0. The second kappa shape index (κ2) is 7.66. The number of nitrogens with one attached hydrogen (secondary N) is 1. The summed E-state index contributed by atoms with van der Waals surface area (Å²) in [4.78, 5) is 2.68. The maximum atomic E-state index is 3.46. The number of nitrogens with zero attached hydrogens (tertiary/aromatic N) is 1. The summed E-state index contributed by atoms with van der Waals surface area (Å²) in [5, 5.41) is 3.46. The first kappa shape index (κ1) is 14.5. The number of piperidine rings is 1. The van der Waals surface area contributed by atoms with Crippen molar-refractivity contribution in [3.8, 4) is 0 Å². The van der Waals surface area contributed by atoms with E-state index < -0.39 is 0 Å². The Kier molecular flexibility index (Phi) is 5.87. The van der Waals surface area contributed by atoms with Gasteiger partial charge in [-0.05, 0) is 56.4 Å². The van der Waals surface area contributed by atoms with Gasteiger partial charge in [-0.15, -0.1) is 0 Å². The number of hydrogen-bond acceptors (Lipinski definition) is 2. The zero-order valence-electron chi connectivity index (χ0n) is 12.5. The van der Waals surface area contributed by atoms with Crippen molar-refractivity contribution in [1.82, 2.24) is 10.2 Å². The highest BCUT2D eigenvalue weighted by molar-refractivity contribution is 5.22. The van der Waals surface area contributed by atoms with Gasteiger partial charge in [-0.25, -0.2) is 0 Å². The zero-order valence-corrected chi connectivity index (χ0v) is 12.5. The maximum absolute atomic E-state index is 3.46. The molecule has 0 spiro atoms. The lowest BCUT2D eigenvalue weighted by Gasteiger charge is -2.34. The molecular formula is C17H28N2. The fraction of sp³-hybridized carbons (Fsp3) is 0.647. The fourth-order valence-corrected chi connectivity index (χ4v) is 2.96. The molecule has 0 saturated carbocycles. The Labute approximate surface area is 118 Å². The van der Waals surface area contributed by atoms with Gasteiger partial charge in [0.25, 0.3) is 0 Å². The van der Waals surface area contributed by atoms with Gasteiger partial charge in [0.05, 0.1) is 0 Å². The van der Waals surface area contributed by atoms with Crippen LogP contribution in [0, 0.1) is 0 Å². The molecule has 0 bridgehead atoms. The quantitative estimate of drug-likeness (QED) is 0.845. The Morgan fingerprint density at radius 2 is 1.68 bits per heavy atom. The molecule has 1 aromatic rings. The lowest BCUT2D eigenvalue weighted by molar-refractivity contribution is 0.154. The van der Waals surface area contributed by atoms with Crippen LogP contribution < -0.4 is 5.32 Å². The minimum absolute atomic E-state index is 0.770. The van der Waals surface area contributed by atoms with Crippen LogP contribution in [0.1, 0.15) is 44.2 Å². The van der Waals surface area contributed by atoms with Crippen LogP contribution >= 0.6 is 0 Å². The lowest BCUT2D eigenvalue weighted by Crippen LogP contribution is -2.43. The zero-order chi connectivity index (χ0) is 13.5. The molecule has 0 radical (unpaired) electrons. The first-order valence-corrected chi connectivity index (χ1v) is 7.86. The first-order valence-electron chi connectivity index (χ1n) is 7.86. The van der Waals surface area contributed by atoms with Crippen LogP contribution in [-0.4, -0.2) is 30.6 Å². The summed E-state index contributed by atoms with van der Waals surface area (Å²) >= 11 is 0. The topological polar surface area (TPSA) is 15.3 Å². The minimum atomic E-state index is 0.770. The number of rotatable bonds is 6. The summed E-state index contributed by atoms with van der Waals surface area (Å²) in [5.74, 6) is 0. The SMILES string of the molecule is CCCN(Cc1ccc(CC)cc1)C1CCNCC1. The highest BCUT2D eigenvalue weighted by Gasteiger charge is 2.20. The van der Waals surface area contributed by atoms with E-state index in [1.165, 1.54) is 50.0 Å². The van der Waals surface area contributed by atoms with Crippen molar-refractivity contribution in [3.05, 3.63) is 35.4 Å². The van der Waals surface area contributed by atoms with Gasteiger partial charge in [0.2, 0.25) is 0 Å². The molecule has 0 unspecified atom stereocenters. The van der Waals surface area contributed by atoms with Crippen molar-refractivity contribution >= 4 is 0 Å². The molecule has 1 aliphatic heterocycles. The normalized spacial score (nSPS) is 17.0. The van der Waals surface area contributed by atoms with E-state index in [4.69, 9.17) is 0 Å². The third-order valence-corrected chi connectivity index (χ3v) is 4.15. The van der Waals surface area contributed by atoms with Crippen LogP contribution in [0.15, 0.2) is 24.3 Å². The van der Waals surface area contributed by atoms with Gasteiger partial charge >= 0.3 is 0 Å². The monoisotopic (exact) mass is 260 g/mol. The van der Waals surface area contributed by atoms with Crippen LogP contribution in [0.3, 0.4) is 0 Å². The van der Waals surface area contributed by atoms with Crippen molar-refractivity contribution in [1.29, 1.82) is 0 Å². The summed E-state index contributed by atoms with van der Waals surface area (Å²) in [7, 11) is 0. The van der Waals surface area contributed by atoms with E-state index in [-0.39, 0.29) is 0 Å². The Balaban J connectivity index is 1.97. The van der Waals surface area contributed by atoms with Gasteiger partial charge in [-0.3, -0.25) is 4.90 Å². The molecule has 0 amide bonds. The van der Waals surface area contributed by atoms with Gasteiger partial charge in [0.1, 0.15) is 0 Å². The van der Waals surface area contributed by atoms with Gasteiger partial charge in [-0.2, -0.15) is 0 Å². The van der Waals surface area contributed by atoms with Crippen molar-refractivity contribution in [2.24, 2.45) is 0 Å². The van der Waals surface area contributed by atoms with Gasteiger partial charge < -0.3 is 5.32 Å². The second-order valence-electron chi connectivity index (χ2n) is 5.62. The van der Waals surface area contributed by atoms with E-state index >= 15 is 0 Å². The highest BCUT2D eigenvalue weighted by atomic mass is 15.2. The molecule has 2 nitrogen and oxygen atoms in total. The Bertz CT molecular complexity index is 352. The van der Waals surface area contributed by atoms with Crippen molar-refractivity contribution < 1.29 is 0 Å². The van der Waals surface area contributed by atoms with Crippen molar-refractivity contribution in [2.75, 3.05) is 19.6 Å². The Morgan fingerprint density at radius 3 is 2.26 bits per heavy atom. The molecule has 1 heterocycles. The van der Waals surface area contributed by atoms with E-state index in [1.54, 1.807) is 0 Å². The molecular weight excluding hydrogens is 232 g/mol. The van der Waals surface area contributed by atoms with Crippen LogP contribution in [0.2, 0.25) is 0 Å². The highest BCUT2D eigenvalue weighted by Crippen LogP contribution is 2.16. The van der Waals surface area contributed by atoms with E-state index in [9.17, 15) is 0 Å². The second-order valence-corrected chi connectivity index (χ2v) is 5.62. The van der Waals surface area contributed by atoms with Crippen molar-refractivity contribution in [2.45, 2.75) is 52.1 Å². The van der Waals surface area contributed by atoms with E-state index in [2.05, 4.69) is 48.3 Å². The van der Waals surface area contributed by atoms with Gasteiger partial charge in [0.15, 0.2) is 0 Å². The summed E-state index contributed by atoms with van der Waals surface area (Å²) in [6.45, 7) is 9.20. The Hall–Kier alpha value is -0.860. The van der Waals surface area contributed by atoms with Gasteiger partial charge in [-0.1, -0.05) is 38.1 Å². The number of aryl methyl sites for hydroxylation is 1. The van der Waals surface area contributed by atoms with Crippen LogP contribution in [0.5, 0.6) is 0 Å². The molecule has 1 N–H and O–H groups in total. The maximum Gasteiger partial charge on any atom is 0.0236 e. The summed E-state index contributed by atoms with van der Waals surface area (Å²) in [6, 6.07) is 9.95. The molecule has 1 saturated heterocycles. The van der Waals surface area contributed by atoms with Crippen LogP contribution in [0.25, 0.3) is 0 Å².